The number of nitrogens with one attached hydrogen (secondary N) is 1. The summed E-state index contributed by atoms with van der Waals surface area (Å²) in [5, 5.41) is 14.4. The van der Waals surface area contributed by atoms with Gasteiger partial charge >= 0.3 is 5.69 Å². The van der Waals surface area contributed by atoms with Gasteiger partial charge in [0.2, 0.25) is 0 Å². The summed E-state index contributed by atoms with van der Waals surface area (Å²) in [5.74, 6) is 0.759. The lowest BCUT2D eigenvalue weighted by Crippen LogP contribution is -2.02. The predicted molar refractivity (Wildman–Crippen MR) is 84.4 cm³/mol. The van der Waals surface area contributed by atoms with Crippen LogP contribution in [0.1, 0.15) is 6.92 Å². The van der Waals surface area contributed by atoms with Gasteiger partial charge in [0.05, 0.1) is 16.9 Å². The number of hydrogen-bond donors (Lipinski definition) is 1. The van der Waals surface area contributed by atoms with Gasteiger partial charge in [0.1, 0.15) is 11.4 Å². The summed E-state index contributed by atoms with van der Waals surface area (Å²) in [4.78, 5) is 12.5. The second-order valence-corrected chi connectivity index (χ2v) is 5.33. The largest absolute Gasteiger partial charge is 0.497 e. The third-order valence-electron chi connectivity index (χ3n) is 2.84. The normalized spacial score (nSPS) is 10.2. The smallest absolute Gasteiger partial charge is 0.306 e. The summed E-state index contributed by atoms with van der Waals surface area (Å²) < 4.78 is 5.10. The molecule has 5 nitrogen and oxygen atoms in total. The van der Waals surface area contributed by atoms with Crippen molar-refractivity contribution < 1.29 is 9.66 Å². The quantitative estimate of drug-likeness (QED) is 0.640. The fourth-order valence-electron chi connectivity index (χ4n) is 1.90. The average Bonchev–Trinajstić information content (AvgIpc) is 2.48. The van der Waals surface area contributed by atoms with Crippen molar-refractivity contribution >= 4 is 23.1 Å². The Morgan fingerprint density at radius 2 is 1.95 bits per heavy atom. The van der Waals surface area contributed by atoms with Crippen LogP contribution in [0.15, 0.2) is 52.3 Å². The lowest BCUT2D eigenvalue weighted by atomic mass is 10.2. The molecule has 2 aromatic carbocycles. The highest BCUT2D eigenvalue weighted by molar-refractivity contribution is 7.99. The first kappa shape index (κ1) is 15.2. The van der Waals surface area contributed by atoms with Crippen LogP contribution >= 0.6 is 11.8 Å². The summed E-state index contributed by atoms with van der Waals surface area (Å²) in [5.41, 5.74) is 0.654. The zero-order chi connectivity index (χ0) is 15.2. The fraction of sp³-hybridized carbons (Fsp3) is 0.200. The van der Waals surface area contributed by atoms with E-state index in [1.807, 2.05) is 37.3 Å². The van der Waals surface area contributed by atoms with Crippen molar-refractivity contribution in [2.75, 3.05) is 19.0 Å². The lowest BCUT2D eigenvalue weighted by molar-refractivity contribution is -0.386. The van der Waals surface area contributed by atoms with Gasteiger partial charge in [0.25, 0.3) is 0 Å². The molecule has 2 rings (SSSR count). The number of benzene rings is 2. The van der Waals surface area contributed by atoms with Crippen LogP contribution in [0, 0.1) is 10.1 Å². The highest BCUT2D eigenvalue weighted by Gasteiger charge is 2.19. The molecule has 0 aliphatic carbocycles. The maximum Gasteiger partial charge on any atom is 0.306 e. The molecule has 0 saturated heterocycles. The van der Waals surface area contributed by atoms with Crippen molar-refractivity contribution in [3.05, 3.63) is 52.6 Å². The van der Waals surface area contributed by atoms with Gasteiger partial charge in [-0.05, 0) is 43.3 Å². The first-order valence-corrected chi connectivity index (χ1v) is 7.30. The van der Waals surface area contributed by atoms with Crippen molar-refractivity contribution in [1.29, 1.82) is 0 Å². The Bertz CT molecular complexity index is 629. The molecule has 2 aromatic rings. The van der Waals surface area contributed by atoms with E-state index >= 15 is 0 Å². The number of methoxy groups -OCH3 is 1. The molecule has 0 unspecified atom stereocenters. The summed E-state index contributed by atoms with van der Waals surface area (Å²) in [7, 11) is 1.60. The molecule has 21 heavy (non-hydrogen) atoms. The average molecular weight is 304 g/mol. The Labute approximate surface area is 127 Å². The van der Waals surface area contributed by atoms with E-state index in [4.69, 9.17) is 4.74 Å². The maximum absolute atomic E-state index is 11.3. The van der Waals surface area contributed by atoms with Gasteiger partial charge in [0.15, 0.2) is 0 Å². The number of nitro benzene ring substituents is 1. The van der Waals surface area contributed by atoms with E-state index in [1.54, 1.807) is 19.2 Å². The minimum absolute atomic E-state index is 0.111. The highest BCUT2D eigenvalue weighted by atomic mass is 32.2. The molecule has 0 fully saturated rings. The van der Waals surface area contributed by atoms with Gasteiger partial charge in [-0.15, -0.1) is 0 Å². The molecule has 0 amide bonds. The van der Waals surface area contributed by atoms with E-state index < -0.39 is 0 Å². The number of nitro groups is 1. The van der Waals surface area contributed by atoms with Gasteiger partial charge < -0.3 is 10.1 Å². The standard InChI is InChI=1S/C15H16N2O3S/c1-3-16-13-5-4-6-14(15(13)17(18)19)21-12-9-7-11(20-2)8-10-12/h4-10,16H,3H2,1-2H3. The van der Waals surface area contributed by atoms with Gasteiger partial charge in [-0.3, -0.25) is 10.1 Å². The minimum atomic E-state index is -0.343. The SMILES string of the molecule is CCNc1cccc(Sc2ccc(OC)cc2)c1[N+](=O)[O-]. The summed E-state index contributed by atoms with van der Waals surface area (Å²) in [6.45, 7) is 2.55. The van der Waals surface area contributed by atoms with Gasteiger partial charge in [-0.25, -0.2) is 0 Å². The van der Waals surface area contributed by atoms with Crippen LogP contribution in [-0.4, -0.2) is 18.6 Å². The third kappa shape index (κ3) is 3.66. The van der Waals surface area contributed by atoms with Crippen LogP contribution in [0.25, 0.3) is 0 Å². The minimum Gasteiger partial charge on any atom is -0.497 e. The van der Waals surface area contributed by atoms with Gasteiger partial charge in [-0.2, -0.15) is 0 Å². The second kappa shape index (κ2) is 6.99. The van der Waals surface area contributed by atoms with Gasteiger partial charge in [0, 0.05) is 11.4 Å². The molecule has 0 aliphatic rings. The van der Waals surface area contributed by atoms with E-state index in [-0.39, 0.29) is 10.6 Å². The Balaban J connectivity index is 2.33. The van der Waals surface area contributed by atoms with E-state index in [0.717, 1.165) is 10.6 Å². The summed E-state index contributed by atoms with van der Waals surface area (Å²) in [6, 6.07) is 12.7. The molecule has 6 heteroatoms. The Hall–Kier alpha value is -2.21. The molecule has 0 aromatic heterocycles. The van der Waals surface area contributed by atoms with E-state index in [9.17, 15) is 10.1 Å². The first-order chi connectivity index (χ1) is 10.2. The van der Waals surface area contributed by atoms with Crippen LogP contribution in [0.4, 0.5) is 11.4 Å². The molecular weight excluding hydrogens is 288 g/mol. The van der Waals surface area contributed by atoms with Crippen molar-refractivity contribution in [2.24, 2.45) is 0 Å². The van der Waals surface area contributed by atoms with Crippen LogP contribution in [-0.2, 0) is 0 Å². The Kier molecular flexibility index (Phi) is 5.05. The molecule has 0 radical (unpaired) electrons. The van der Waals surface area contributed by atoms with Crippen molar-refractivity contribution in [1.82, 2.24) is 0 Å². The number of anilines is 1. The van der Waals surface area contributed by atoms with Crippen molar-refractivity contribution in [3.8, 4) is 5.75 Å². The zero-order valence-electron chi connectivity index (χ0n) is 11.8. The predicted octanol–water partition coefficient (Wildman–Crippen LogP) is 4.19. The number of ether oxygens (including phenoxy) is 1. The molecule has 0 heterocycles. The van der Waals surface area contributed by atoms with Crippen LogP contribution in [0.3, 0.4) is 0 Å². The van der Waals surface area contributed by atoms with E-state index in [2.05, 4.69) is 5.32 Å². The Morgan fingerprint density at radius 3 is 2.52 bits per heavy atom. The lowest BCUT2D eigenvalue weighted by Gasteiger charge is -2.09. The van der Waals surface area contributed by atoms with Gasteiger partial charge in [-0.1, -0.05) is 17.8 Å². The first-order valence-electron chi connectivity index (χ1n) is 6.49. The van der Waals surface area contributed by atoms with E-state index in [0.29, 0.717) is 17.1 Å². The molecule has 0 bridgehead atoms. The number of para-hydroxylation sites is 1. The van der Waals surface area contributed by atoms with Crippen LogP contribution in [0.5, 0.6) is 5.75 Å². The number of hydrogen-bond acceptors (Lipinski definition) is 5. The highest BCUT2D eigenvalue weighted by Crippen LogP contribution is 2.39. The molecule has 0 saturated carbocycles. The Morgan fingerprint density at radius 1 is 1.24 bits per heavy atom. The van der Waals surface area contributed by atoms with Crippen LogP contribution < -0.4 is 10.1 Å². The summed E-state index contributed by atoms with van der Waals surface area (Å²) in [6.07, 6.45) is 0. The molecular formula is C15H16N2O3S. The monoisotopic (exact) mass is 304 g/mol. The number of rotatable bonds is 6. The number of nitrogens with zero attached hydrogens (tertiary/aromatic N) is 1. The van der Waals surface area contributed by atoms with E-state index in [1.165, 1.54) is 11.8 Å². The molecule has 0 aliphatic heterocycles. The third-order valence-corrected chi connectivity index (χ3v) is 3.89. The molecule has 110 valence electrons. The van der Waals surface area contributed by atoms with Crippen molar-refractivity contribution in [2.45, 2.75) is 16.7 Å². The second-order valence-electron chi connectivity index (χ2n) is 4.22. The molecule has 0 spiro atoms. The maximum atomic E-state index is 11.3. The molecule has 0 atom stereocenters. The summed E-state index contributed by atoms with van der Waals surface area (Å²) >= 11 is 1.36. The van der Waals surface area contributed by atoms with Crippen LogP contribution in [0.2, 0.25) is 0 Å². The zero-order valence-corrected chi connectivity index (χ0v) is 12.6. The topological polar surface area (TPSA) is 64.4 Å². The molecule has 1 N–H and O–H groups in total. The van der Waals surface area contributed by atoms with Crippen molar-refractivity contribution in [3.63, 3.8) is 0 Å². The fourth-order valence-corrected chi connectivity index (χ4v) is 2.85.